The molecule has 0 aliphatic heterocycles. The number of esters is 1. The van der Waals surface area contributed by atoms with Gasteiger partial charge in [0, 0.05) is 11.6 Å². The van der Waals surface area contributed by atoms with E-state index in [0.29, 0.717) is 40.7 Å². The van der Waals surface area contributed by atoms with Crippen LogP contribution in [-0.2, 0) is 9.47 Å². The largest absolute Gasteiger partial charge is 0.495 e. The molecule has 28 heavy (non-hydrogen) atoms. The molecular formula is C20H20ClN3O4. The van der Waals surface area contributed by atoms with Crippen LogP contribution in [-0.4, -0.2) is 42.9 Å². The van der Waals surface area contributed by atoms with Crippen LogP contribution in [0.15, 0.2) is 42.5 Å². The van der Waals surface area contributed by atoms with E-state index >= 15 is 0 Å². The number of benzene rings is 2. The lowest BCUT2D eigenvalue weighted by molar-refractivity contribution is 0.0330. The summed E-state index contributed by atoms with van der Waals surface area (Å²) in [5.41, 5.74) is 1.85. The summed E-state index contributed by atoms with van der Waals surface area (Å²) >= 11 is 6.10. The number of carbonyl (C=O) groups excluding carboxylic acids is 1. The van der Waals surface area contributed by atoms with Crippen LogP contribution in [0.4, 0.5) is 11.5 Å². The maximum atomic E-state index is 12.6. The Balaban J connectivity index is 1.97. The summed E-state index contributed by atoms with van der Waals surface area (Å²) in [6.45, 7) is 2.86. The zero-order valence-electron chi connectivity index (χ0n) is 15.6. The van der Waals surface area contributed by atoms with Gasteiger partial charge in [-0.05, 0) is 37.3 Å². The molecule has 146 valence electrons. The van der Waals surface area contributed by atoms with E-state index in [9.17, 15) is 4.79 Å². The maximum Gasteiger partial charge on any atom is 0.360 e. The van der Waals surface area contributed by atoms with Crippen LogP contribution in [0, 0.1) is 0 Å². The van der Waals surface area contributed by atoms with E-state index < -0.39 is 5.97 Å². The third-order valence-corrected chi connectivity index (χ3v) is 4.08. The first-order chi connectivity index (χ1) is 13.6. The average Bonchev–Trinajstić information content (AvgIpc) is 2.71. The molecule has 8 heteroatoms. The molecule has 3 rings (SSSR count). The zero-order valence-corrected chi connectivity index (χ0v) is 16.3. The first-order valence-electron chi connectivity index (χ1n) is 8.74. The van der Waals surface area contributed by atoms with Gasteiger partial charge in [0.25, 0.3) is 0 Å². The minimum atomic E-state index is -0.596. The first kappa shape index (κ1) is 19.9. The predicted molar refractivity (Wildman–Crippen MR) is 108 cm³/mol. The van der Waals surface area contributed by atoms with Gasteiger partial charge in [-0.15, -0.1) is 0 Å². The van der Waals surface area contributed by atoms with Crippen LogP contribution in [0.2, 0.25) is 5.02 Å². The number of fused-ring (bicyclic) bond motifs is 1. The van der Waals surface area contributed by atoms with Crippen molar-refractivity contribution >= 4 is 40.1 Å². The van der Waals surface area contributed by atoms with Gasteiger partial charge in [-0.3, -0.25) is 0 Å². The number of halogens is 1. The van der Waals surface area contributed by atoms with E-state index in [1.165, 1.54) is 0 Å². The number of ether oxygens (including phenoxy) is 3. The van der Waals surface area contributed by atoms with Crippen LogP contribution in [0.1, 0.15) is 17.4 Å². The van der Waals surface area contributed by atoms with Crippen molar-refractivity contribution in [2.24, 2.45) is 0 Å². The van der Waals surface area contributed by atoms with Crippen molar-refractivity contribution in [2.75, 3.05) is 32.2 Å². The monoisotopic (exact) mass is 401 g/mol. The van der Waals surface area contributed by atoms with Crippen molar-refractivity contribution in [2.45, 2.75) is 6.92 Å². The molecular weight excluding hydrogens is 382 g/mol. The van der Waals surface area contributed by atoms with Gasteiger partial charge in [-0.25, -0.2) is 14.8 Å². The van der Waals surface area contributed by atoms with Crippen LogP contribution < -0.4 is 10.1 Å². The second-order valence-electron chi connectivity index (χ2n) is 5.71. The van der Waals surface area contributed by atoms with Crippen molar-refractivity contribution in [1.29, 1.82) is 0 Å². The number of methoxy groups -OCH3 is 1. The summed E-state index contributed by atoms with van der Waals surface area (Å²) in [7, 11) is 1.55. The summed E-state index contributed by atoms with van der Waals surface area (Å²) < 4.78 is 15.8. The topological polar surface area (TPSA) is 82.6 Å². The number of aromatic nitrogens is 2. The van der Waals surface area contributed by atoms with Crippen molar-refractivity contribution in [3.8, 4) is 5.75 Å². The summed E-state index contributed by atoms with van der Waals surface area (Å²) in [4.78, 5) is 21.6. The second-order valence-corrected chi connectivity index (χ2v) is 6.15. The highest BCUT2D eigenvalue weighted by atomic mass is 35.5. The van der Waals surface area contributed by atoms with Crippen LogP contribution in [0.3, 0.4) is 0 Å². The fourth-order valence-electron chi connectivity index (χ4n) is 2.54. The molecule has 0 spiro atoms. The zero-order chi connectivity index (χ0) is 19.9. The number of nitrogens with one attached hydrogen (secondary N) is 1. The van der Waals surface area contributed by atoms with Crippen LogP contribution >= 0.6 is 11.6 Å². The van der Waals surface area contributed by atoms with Gasteiger partial charge in [0.05, 0.1) is 30.4 Å². The van der Waals surface area contributed by atoms with Gasteiger partial charge in [-0.2, -0.15) is 0 Å². The Kier molecular flexibility index (Phi) is 6.62. The van der Waals surface area contributed by atoms with E-state index in [2.05, 4.69) is 15.3 Å². The molecule has 7 nitrogen and oxygen atoms in total. The Labute approximate surface area is 167 Å². The molecule has 0 radical (unpaired) electrons. The van der Waals surface area contributed by atoms with E-state index in [-0.39, 0.29) is 18.1 Å². The molecule has 0 aliphatic carbocycles. The lowest BCUT2D eigenvalue weighted by Gasteiger charge is -2.14. The van der Waals surface area contributed by atoms with Gasteiger partial charge in [0.15, 0.2) is 11.5 Å². The molecule has 1 aromatic heterocycles. The lowest BCUT2D eigenvalue weighted by Crippen LogP contribution is -2.15. The molecule has 0 amide bonds. The van der Waals surface area contributed by atoms with Crippen LogP contribution in [0.5, 0.6) is 5.75 Å². The molecule has 0 bridgehead atoms. The molecule has 1 heterocycles. The Morgan fingerprint density at radius 3 is 2.57 bits per heavy atom. The molecule has 1 N–H and O–H groups in total. The fraction of sp³-hybridized carbons (Fsp3) is 0.250. The van der Waals surface area contributed by atoms with E-state index in [0.717, 1.165) is 0 Å². The number of para-hydroxylation sites is 2. The smallest absolute Gasteiger partial charge is 0.360 e. The summed E-state index contributed by atoms with van der Waals surface area (Å²) in [6.07, 6.45) is 0. The Morgan fingerprint density at radius 2 is 1.86 bits per heavy atom. The average molecular weight is 402 g/mol. The highest BCUT2D eigenvalue weighted by Gasteiger charge is 2.19. The number of anilines is 2. The quantitative estimate of drug-likeness (QED) is 0.446. The summed E-state index contributed by atoms with van der Waals surface area (Å²) in [5.74, 6) is 0.206. The number of hydrogen-bond acceptors (Lipinski definition) is 7. The molecule has 0 saturated carbocycles. The summed E-state index contributed by atoms with van der Waals surface area (Å²) in [5, 5.41) is 3.60. The molecule has 0 saturated heterocycles. The van der Waals surface area contributed by atoms with Gasteiger partial charge in [0.1, 0.15) is 12.4 Å². The molecule has 0 fully saturated rings. The SMILES string of the molecule is CCOCCOC(=O)c1nc2ccccc2nc1Nc1cc(Cl)ccc1OC. The normalized spacial score (nSPS) is 10.7. The van der Waals surface area contributed by atoms with Gasteiger partial charge in [0.2, 0.25) is 0 Å². The molecule has 2 aromatic carbocycles. The molecule has 0 unspecified atom stereocenters. The molecule has 0 aliphatic rings. The first-order valence-corrected chi connectivity index (χ1v) is 9.12. The van der Waals surface area contributed by atoms with E-state index in [1.807, 2.05) is 25.1 Å². The van der Waals surface area contributed by atoms with E-state index in [1.54, 1.807) is 31.4 Å². The van der Waals surface area contributed by atoms with Gasteiger partial charge < -0.3 is 19.5 Å². The minimum absolute atomic E-state index is 0.0669. The number of hydrogen-bond donors (Lipinski definition) is 1. The Hall–Kier alpha value is -2.90. The van der Waals surface area contributed by atoms with Gasteiger partial charge >= 0.3 is 5.97 Å². The number of rotatable bonds is 8. The predicted octanol–water partition coefficient (Wildman–Crippen LogP) is 4.23. The van der Waals surface area contributed by atoms with E-state index in [4.69, 9.17) is 25.8 Å². The third kappa shape index (κ3) is 4.68. The molecule has 0 atom stereocenters. The summed E-state index contributed by atoms with van der Waals surface area (Å²) in [6, 6.07) is 12.4. The van der Waals surface area contributed by atoms with Crippen molar-refractivity contribution in [3.05, 3.63) is 53.2 Å². The third-order valence-electron chi connectivity index (χ3n) is 3.84. The highest BCUT2D eigenvalue weighted by molar-refractivity contribution is 6.31. The Morgan fingerprint density at radius 1 is 1.11 bits per heavy atom. The standard InChI is InChI=1S/C20H20ClN3O4/c1-3-27-10-11-28-20(25)18-19(23-15-7-5-4-6-14(15)22-18)24-16-12-13(21)8-9-17(16)26-2/h4-9,12H,3,10-11H2,1-2H3,(H,23,24). The van der Waals surface area contributed by atoms with Crippen molar-refractivity contribution in [1.82, 2.24) is 9.97 Å². The minimum Gasteiger partial charge on any atom is -0.495 e. The lowest BCUT2D eigenvalue weighted by atomic mass is 10.2. The maximum absolute atomic E-state index is 12.6. The van der Waals surface area contributed by atoms with Crippen LogP contribution in [0.25, 0.3) is 11.0 Å². The van der Waals surface area contributed by atoms with Gasteiger partial charge in [-0.1, -0.05) is 23.7 Å². The Bertz CT molecular complexity index is 981. The fourth-order valence-corrected chi connectivity index (χ4v) is 2.71. The van der Waals surface area contributed by atoms with Crippen molar-refractivity contribution in [3.63, 3.8) is 0 Å². The highest BCUT2D eigenvalue weighted by Crippen LogP contribution is 2.31. The van der Waals surface area contributed by atoms with Crippen molar-refractivity contribution < 1.29 is 19.0 Å². The number of carbonyl (C=O) groups is 1. The number of nitrogens with zero attached hydrogens (tertiary/aromatic N) is 2. The molecule has 3 aromatic rings. The second kappa shape index (κ2) is 9.34.